The zero-order valence-electron chi connectivity index (χ0n) is 23.0. The van der Waals surface area contributed by atoms with Gasteiger partial charge in [0, 0.05) is 13.1 Å². The van der Waals surface area contributed by atoms with Crippen LogP contribution in [0.15, 0.2) is 83.8 Å². The molecule has 0 aliphatic heterocycles. The second kappa shape index (κ2) is 13.8. The average molecular weight is 552 g/mol. The molecule has 0 saturated heterocycles. The number of methoxy groups -OCH3 is 1. The van der Waals surface area contributed by atoms with Crippen LogP contribution in [0.2, 0.25) is 0 Å². The van der Waals surface area contributed by atoms with Crippen molar-refractivity contribution >= 4 is 27.5 Å². The van der Waals surface area contributed by atoms with Crippen molar-refractivity contribution in [2.75, 3.05) is 24.5 Å². The number of anilines is 1. The van der Waals surface area contributed by atoms with Crippen LogP contribution >= 0.6 is 0 Å². The molecule has 8 nitrogen and oxygen atoms in total. The van der Waals surface area contributed by atoms with Crippen LogP contribution in [0, 0.1) is 6.92 Å². The van der Waals surface area contributed by atoms with E-state index in [1.54, 1.807) is 42.5 Å². The Morgan fingerprint density at radius 1 is 0.923 bits per heavy atom. The van der Waals surface area contributed by atoms with Crippen molar-refractivity contribution in [1.29, 1.82) is 0 Å². The van der Waals surface area contributed by atoms with Crippen LogP contribution in [0.1, 0.15) is 37.8 Å². The van der Waals surface area contributed by atoms with Gasteiger partial charge in [-0.2, -0.15) is 0 Å². The summed E-state index contributed by atoms with van der Waals surface area (Å²) in [5, 5.41) is 2.89. The SMILES string of the molecule is CCCNC(=O)[C@@H](CC)N(Cc1ccccc1C)C(=O)CN(c1ccccc1OC)S(=O)(=O)c1ccccc1. The number of hydrogen-bond donors (Lipinski definition) is 1. The summed E-state index contributed by atoms with van der Waals surface area (Å²) in [5.41, 5.74) is 2.08. The fourth-order valence-electron chi connectivity index (χ4n) is 4.33. The van der Waals surface area contributed by atoms with Gasteiger partial charge in [-0.15, -0.1) is 0 Å². The largest absolute Gasteiger partial charge is 0.495 e. The Hall–Kier alpha value is -3.85. The molecule has 1 atom stereocenters. The van der Waals surface area contributed by atoms with Gasteiger partial charge in [-0.05, 0) is 55.2 Å². The normalized spacial score (nSPS) is 11.9. The average Bonchev–Trinajstić information content (AvgIpc) is 2.95. The molecule has 0 saturated carbocycles. The molecule has 2 amide bonds. The summed E-state index contributed by atoms with van der Waals surface area (Å²) in [5.74, 6) is -0.457. The van der Waals surface area contributed by atoms with E-state index in [4.69, 9.17) is 4.74 Å². The predicted molar refractivity (Wildman–Crippen MR) is 153 cm³/mol. The molecule has 0 spiro atoms. The van der Waals surface area contributed by atoms with Crippen LogP contribution in [0.25, 0.3) is 0 Å². The van der Waals surface area contributed by atoms with Crippen LogP contribution in [0.5, 0.6) is 5.75 Å². The van der Waals surface area contributed by atoms with Crippen molar-refractivity contribution in [3.8, 4) is 5.75 Å². The highest BCUT2D eigenvalue weighted by atomic mass is 32.2. The number of nitrogens with one attached hydrogen (secondary N) is 1. The summed E-state index contributed by atoms with van der Waals surface area (Å²) < 4.78 is 34.3. The van der Waals surface area contributed by atoms with Gasteiger partial charge in [0.25, 0.3) is 10.0 Å². The summed E-state index contributed by atoms with van der Waals surface area (Å²) in [7, 11) is -2.71. The third kappa shape index (κ3) is 7.17. The predicted octanol–water partition coefficient (Wildman–Crippen LogP) is 4.53. The van der Waals surface area contributed by atoms with E-state index in [2.05, 4.69) is 5.32 Å². The summed E-state index contributed by atoms with van der Waals surface area (Å²) in [4.78, 5) is 28.8. The van der Waals surface area contributed by atoms with E-state index >= 15 is 0 Å². The lowest BCUT2D eigenvalue weighted by atomic mass is 10.1. The maximum absolute atomic E-state index is 14.1. The molecule has 0 aliphatic rings. The fraction of sp³-hybridized carbons (Fsp3) is 0.333. The van der Waals surface area contributed by atoms with Gasteiger partial charge in [-0.1, -0.05) is 68.4 Å². The first-order valence-corrected chi connectivity index (χ1v) is 14.5. The van der Waals surface area contributed by atoms with Gasteiger partial charge < -0.3 is 15.0 Å². The second-order valence-electron chi connectivity index (χ2n) is 9.16. The molecule has 3 aromatic carbocycles. The van der Waals surface area contributed by atoms with Crippen LogP contribution in [-0.2, 0) is 26.2 Å². The number of hydrogen-bond acceptors (Lipinski definition) is 5. The first-order valence-electron chi connectivity index (χ1n) is 13.1. The van der Waals surface area contributed by atoms with E-state index in [9.17, 15) is 18.0 Å². The topological polar surface area (TPSA) is 96.0 Å². The van der Waals surface area contributed by atoms with E-state index in [1.165, 1.54) is 24.1 Å². The number of aryl methyl sites for hydroxylation is 1. The van der Waals surface area contributed by atoms with E-state index in [-0.39, 0.29) is 23.0 Å². The Kier molecular flexibility index (Phi) is 10.5. The number of carbonyl (C=O) groups is 2. The van der Waals surface area contributed by atoms with Crippen molar-refractivity contribution in [1.82, 2.24) is 10.2 Å². The third-order valence-corrected chi connectivity index (χ3v) is 8.27. The molecule has 3 aromatic rings. The van der Waals surface area contributed by atoms with Gasteiger partial charge >= 0.3 is 0 Å². The lowest BCUT2D eigenvalue weighted by Crippen LogP contribution is -2.52. The number of sulfonamides is 1. The van der Waals surface area contributed by atoms with Crippen LogP contribution in [0.4, 0.5) is 5.69 Å². The second-order valence-corrected chi connectivity index (χ2v) is 11.0. The maximum Gasteiger partial charge on any atom is 0.264 e. The molecule has 39 heavy (non-hydrogen) atoms. The van der Waals surface area contributed by atoms with Gasteiger partial charge in [0.2, 0.25) is 11.8 Å². The summed E-state index contributed by atoms with van der Waals surface area (Å²) in [6, 6.07) is 21.5. The Labute approximate surface area is 231 Å². The molecule has 0 unspecified atom stereocenters. The molecule has 208 valence electrons. The van der Waals surface area contributed by atoms with E-state index in [0.717, 1.165) is 21.9 Å². The Morgan fingerprint density at radius 3 is 2.21 bits per heavy atom. The number of para-hydroxylation sites is 2. The number of nitrogens with zero attached hydrogens (tertiary/aromatic N) is 2. The molecular weight excluding hydrogens is 514 g/mol. The third-order valence-electron chi connectivity index (χ3n) is 6.50. The number of ether oxygens (including phenoxy) is 1. The van der Waals surface area contributed by atoms with Crippen molar-refractivity contribution < 1.29 is 22.7 Å². The van der Waals surface area contributed by atoms with Gasteiger partial charge in [0.05, 0.1) is 17.7 Å². The van der Waals surface area contributed by atoms with Crippen LogP contribution in [0.3, 0.4) is 0 Å². The molecular formula is C30H37N3O5S. The van der Waals surface area contributed by atoms with E-state index in [0.29, 0.717) is 18.7 Å². The number of benzene rings is 3. The summed E-state index contributed by atoms with van der Waals surface area (Å²) in [6.07, 6.45) is 1.12. The molecule has 0 fully saturated rings. The molecule has 0 bridgehead atoms. The lowest BCUT2D eigenvalue weighted by Gasteiger charge is -2.33. The zero-order valence-corrected chi connectivity index (χ0v) is 23.8. The fourth-order valence-corrected chi connectivity index (χ4v) is 5.77. The minimum absolute atomic E-state index is 0.0434. The van der Waals surface area contributed by atoms with Gasteiger partial charge in [-0.25, -0.2) is 8.42 Å². The van der Waals surface area contributed by atoms with Crippen LogP contribution < -0.4 is 14.4 Å². The minimum atomic E-state index is -4.16. The first kappa shape index (κ1) is 29.7. The van der Waals surface area contributed by atoms with Crippen molar-refractivity contribution in [3.63, 3.8) is 0 Å². The highest BCUT2D eigenvalue weighted by Gasteiger charge is 2.34. The molecule has 0 heterocycles. The van der Waals surface area contributed by atoms with Crippen molar-refractivity contribution in [2.45, 2.75) is 51.1 Å². The van der Waals surface area contributed by atoms with Crippen LogP contribution in [-0.4, -0.2) is 51.4 Å². The summed E-state index contributed by atoms with van der Waals surface area (Å²) in [6.45, 7) is 5.87. The molecule has 1 N–H and O–H groups in total. The molecule has 0 aliphatic carbocycles. The van der Waals surface area contributed by atoms with Gasteiger partial charge in [0.15, 0.2) is 0 Å². The molecule has 0 radical (unpaired) electrons. The highest BCUT2D eigenvalue weighted by molar-refractivity contribution is 7.92. The standard InChI is InChI=1S/C30H37N3O5S/c1-5-20-31-30(35)26(6-2)32(21-24-15-11-10-14-23(24)3)29(34)22-33(27-18-12-13-19-28(27)38-4)39(36,37)25-16-8-7-9-17-25/h7-19,26H,5-6,20-22H2,1-4H3,(H,31,35)/t26-/m1/s1. The number of amides is 2. The summed E-state index contributed by atoms with van der Waals surface area (Å²) >= 11 is 0. The van der Waals surface area contributed by atoms with Gasteiger partial charge in [0.1, 0.15) is 18.3 Å². The Morgan fingerprint density at radius 2 is 1.56 bits per heavy atom. The monoisotopic (exact) mass is 551 g/mol. The van der Waals surface area contributed by atoms with Gasteiger partial charge in [-0.3, -0.25) is 13.9 Å². The number of carbonyl (C=O) groups excluding carboxylic acids is 2. The molecule has 0 aromatic heterocycles. The Balaban J connectivity index is 2.09. The Bertz CT molecular complexity index is 1360. The van der Waals surface area contributed by atoms with E-state index in [1.807, 2.05) is 45.0 Å². The molecule has 3 rings (SSSR count). The number of rotatable bonds is 13. The van der Waals surface area contributed by atoms with E-state index < -0.39 is 28.5 Å². The van der Waals surface area contributed by atoms with Crippen molar-refractivity contribution in [3.05, 3.63) is 90.0 Å². The smallest absolute Gasteiger partial charge is 0.264 e. The molecule has 9 heteroatoms. The first-order chi connectivity index (χ1) is 18.7. The quantitative estimate of drug-likeness (QED) is 0.337. The van der Waals surface area contributed by atoms with Crippen molar-refractivity contribution in [2.24, 2.45) is 0 Å². The lowest BCUT2D eigenvalue weighted by molar-refractivity contribution is -0.140. The minimum Gasteiger partial charge on any atom is -0.495 e. The highest BCUT2D eigenvalue weighted by Crippen LogP contribution is 2.32. The maximum atomic E-state index is 14.1. The zero-order chi connectivity index (χ0) is 28.4.